The topological polar surface area (TPSA) is 67.2 Å². The number of aromatic nitrogens is 2. The number of carbonyl (C=O) groups excluding carboxylic acids is 2. The van der Waals surface area contributed by atoms with Crippen molar-refractivity contribution in [3.8, 4) is 0 Å². The lowest BCUT2D eigenvalue weighted by molar-refractivity contribution is -0.128. The van der Waals surface area contributed by atoms with Crippen molar-refractivity contribution in [2.45, 2.75) is 66.3 Å². The van der Waals surface area contributed by atoms with Crippen molar-refractivity contribution in [3.05, 3.63) is 23.5 Å². The molecule has 1 N–H and O–H groups in total. The van der Waals surface area contributed by atoms with E-state index in [1.54, 1.807) is 26.2 Å². The van der Waals surface area contributed by atoms with E-state index in [1.165, 1.54) is 4.90 Å². The van der Waals surface area contributed by atoms with Gasteiger partial charge in [0.15, 0.2) is 5.82 Å². The second-order valence-electron chi connectivity index (χ2n) is 9.05. The molecule has 0 radical (unpaired) electrons. The molecule has 3 rings (SSSR count). The van der Waals surface area contributed by atoms with E-state index in [1.807, 2.05) is 25.3 Å². The minimum Gasteiger partial charge on any atom is -0.349 e. The largest absolute Gasteiger partial charge is 0.349 e. The maximum absolute atomic E-state index is 15.4. The van der Waals surface area contributed by atoms with Crippen molar-refractivity contribution in [1.29, 1.82) is 0 Å². The average Bonchev–Trinajstić information content (AvgIpc) is 2.85. The average molecular weight is 405 g/mol. The minimum atomic E-state index is -0.427. The van der Waals surface area contributed by atoms with Gasteiger partial charge in [0.25, 0.3) is 0 Å². The normalized spacial score (nSPS) is 14.3. The number of nitrogens with zero attached hydrogens (tertiary/aromatic N) is 3. The Morgan fingerprint density at radius 2 is 1.93 bits per heavy atom. The summed E-state index contributed by atoms with van der Waals surface area (Å²) in [7, 11) is 3.31. The molecule has 7 heteroatoms. The summed E-state index contributed by atoms with van der Waals surface area (Å²) in [6.45, 7) is 5.99. The Bertz CT molecular complexity index is 908. The van der Waals surface area contributed by atoms with E-state index < -0.39 is 5.82 Å². The van der Waals surface area contributed by atoms with E-state index in [-0.39, 0.29) is 37.1 Å². The molecular weight excluding hydrogens is 371 g/mol. The zero-order valence-electron chi connectivity index (χ0n) is 17.3. The van der Waals surface area contributed by atoms with Gasteiger partial charge in [0.1, 0.15) is 5.52 Å². The van der Waals surface area contributed by atoms with Crippen LogP contribution in [0.5, 0.6) is 0 Å². The van der Waals surface area contributed by atoms with Gasteiger partial charge < -0.3 is 9.47 Å². The van der Waals surface area contributed by atoms with E-state index in [4.69, 9.17) is 0 Å². The van der Waals surface area contributed by atoms with Crippen LogP contribution in [0.1, 0.15) is 65.5 Å². The summed E-state index contributed by atoms with van der Waals surface area (Å²) >= 11 is 0. The van der Waals surface area contributed by atoms with Gasteiger partial charge in [0, 0.05) is 26.6 Å². The Balaban J connectivity index is 0.00000300. The molecule has 0 aliphatic heterocycles. The van der Waals surface area contributed by atoms with Crippen LogP contribution in [0.15, 0.2) is 12.1 Å². The van der Waals surface area contributed by atoms with Gasteiger partial charge in [-0.3, -0.25) is 14.9 Å². The lowest BCUT2D eigenvalue weighted by Gasteiger charge is -2.29. The molecule has 0 atom stereocenters. The lowest BCUT2D eigenvalue weighted by atomic mass is 9.92. The van der Waals surface area contributed by atoms with Crippen molar-refractivity contribution in [2.24, 2.45) is 5.41 Å². The molecule has 29 heavy (non-hydrogen) atoms. The smallest absolute Gasteiger partial charge is 0.227 e. The molecule has 2 amide bonds. The monoisotopic (exact) mass is 404 g/mol. The number of nitrogens with one attached hydrogen (secondary N) is 1. The highest BCUT2D eigenvalue weighted by Crippen LogP contribution is 2.38. The van der Waals surface area contributed by atoms with E-state index >= 15 is 4.39 Å². The SMILES string of the molecule is C.CN(C)C(=O)Cc1ccc2nc(NC(=O)CC(C)(C)C)n(C3CCC3)c2c1F. The highest BCUT2D eigenvalue weighted by molar-refractivity contribution is 5.92. The molecule has 2 aromatic rings. The number of fused-ring (bicyclic) bond motifs is 1. The van der Waals surface area contributed by atoms with E-state index in [2.05, 4.69) is 10.3 Å². The second-order valence-corrected chi connectivity index (χ2v) is 9.05. The van der Waals surface area contributed by atoms with Crippen LogP contribution in [-0.4, -0.2) is 40.4 Å². The van der Waals surface area contributed by atoms with Crippen LogP contribution in [0.2, 0.25) is 0 Å². The van der Waals surface area contributed by atoms with Crippen molar-refractivity contribution in [3.63, 3.8) is 0 Å². The first-order chi connectivity index (χ1) is 13.1. The van der Waals surface area contributed by atoms with Crippen LogP contribution in [0, 0.1) is 11.2 Å². The summed E-state index contributed by atoms with van der Waals surface area (Å²) in [5.41, 5.74) is 1.07. The molecular formula is C22H33FN4O2. The number of likely N-dealkylation sites (N-methyl/N-ethyl adjacent to an activating group) is 1. The number of amides is 2. The summed E-state index contributed by atoms with van der Waals surface area (Å²) in [5.74, 6) is -0.328. The number of carbonyl (C=O) groups is 2. The van der Waals surface area contributed by atoms with Gasteiger partial charge >= 0.3 is 0 Å². The van der Waals surface area contributed by atoms with Crippen molar-refractivity contribution in [2.75, 3.05) is 19.4 Å². The number of anilines is 1. The van der Waals surface area contributed by atoms with Crippen molar-refractivity contribution in [1.82, 2.24) is 14.5 Å². The predicted octanol–water partition coefficient (Wildman–Crippen LogP) is 4.54. The van der Waals surface area contributed by atoms with Gasteiger partial charge in [-0.1, -0.05) is 34.3 Å². The van der Waals surface area contributed by atoms with Gasteiger partial charge in [-0.2, -0.15) is 0 Å². The summed E-state index contributed by atoms with van der Waals surface area (Å²) in [6, 6.07) is 3.45. The Morgan fingerprint density at radius 1 is 1.28 bits per heavy atom. The molecule has 0 spiro atoms. The minimum absolute atomic E-state index is 0. The third kappa shape index (κ3) is 4.95. The zero-order chi connectivity index (χ0) is 20.6. The number of halogens is 1. The molecule has 1 aromatic carbocycles. The zero-order valence-corrected chi connectivity index (χ0v) is 17.3. The predicted molar refractivity (Wildman–Crippen MR) is 114 cm³/mol. The van der Waals surface area contributed by atoms with Crippen LogP contribution < -0.4 is 5.32 Å². The fourth-order valence-electron chi connectivity index (χ4n) is 3.39. The van der Waals surface area contributed by atoms with E-state index in [9.17, 15) is 9.59 Å². The highest BCUT2D eigenvalue weighted by Gasteiger charge is 2.28. The maximum Gasteiger partial charge on any atom is 0.227 e. The lowest BCUT2D eigenvalue weighted by Crippen LogP contribution is -2.25. The highest BCUT2D eigenvalue weighted by atomic mass is 19.1. The quantitative estimate of drug-likeness (QED) is 0.795. The van der Waals surface area contributed by atoms with Gasteiger partial charge in [-0.15, -0.1) is 0 Å². The molecule has 0 saturated heterocycles. The van der Waals surface area contributed by atoms with Crippen LogP contribution in [0.4, 0.5) is 10.3 Å². The van der Waals surface area contributed by atoms with Crippen molar-refractivity contribution < 1.29 is 14.0 Å². The molecule has 1 aromatic heterocycles. The number of benzene rings is 1. The molecule has 0 unspecified atom stereocenters. The number of hydrogen-bond donors (Lipinski definition) is 1. The molecule has 1 saturated carbocycles. The van der Waals surface area contributed by atoms with E-state index in [0.29, 0.717) is 29.0 Å². The standard InChI is InChI=1S/C21H29FN4O2.CH4/c1-21(2,3)12-16(27)24-20-23-15-10-9-13(11-17(28)25(4)5)18(22)19(15)26(20)14-7-6-8-14;/h9-10,14H,6-8,11-12H2,1-5H3,(H,23,24,27);1H4. The molecule has 6 nitrogen and oxygen atoms in total. The molecule has 1 aliphatic rings. The van der Waals surface area contributed by atoms with Gasteiger partial charge in [0.2, 0.25) is 17.8 Å². The number of imidazole rings is 1. The first-order valence-electron chi connectivity index (χ1n) is 9.76. The van der Waals surface area contributed by atoms with Gasteiger partial charge in [-0.25, -0.2) is 9.37 Å². The molecule has 1 heterocycles. The van der Waals surface area contributed by atoms with Crippen LogP contribution in [-0.2, 0) is 16.0 Å². The van der Waals surface area contributed by atoms with Crippen LogP contribution in [0.3, 0.4) is 0 Å². The first-order valence-corrected chi connectivity index (χ1v) is 9.76. The Hall–Kier alpha value is -2.44. The third-order valence-corrected chi connectivity index (χ3v) is 5.09. The molecule has 1 fully saturated rings. The molecule has 1 aliphatic carbocycles. The number of rotatable bonds is 5. The Labute approximate surface area is 172 Å². The first kappa shape index (κ1) is 22.8. The Kier molecular flexibility index (Phi) is 6.71. The molecule has 160 valence electrons. The maximum atomic E-state index is 15.4. The van der Waals surface area contributed by atoms with Crippen LogP contribution in [0.25, 0.3) is 11.0 Å². The van der Waals surface area contributed by atoms with Gasteiger partial charge in [0.05, 0.1) is 11.9 Å². The summed E-state index contributed by atoms with van der Waals surface area (Å²) in [6.07, 6.45) is 3.27. The fraction of sp³-hybridized carbons (Fsp3) is 0.591. The van der Waals surface area contributed by atoms with Gasteiger partial charge in [-0.05, 0) is 36.3 Å². The van der Waals surface area contributed by atoms with Crippen LogP contribution >= 0.6 is 0 Å². The molecule has 0 bridgehead atoms. The van der Waals surface area contributed by atoms with Crippen molar-refractivity contribution >= 4 is 28.8 Å². The summed E-state index contributed by atoms with van der Waals surface area (Å²) in [4.78, 5) is 30.4. The second kappa shape index (κ2) is 8.51. The summed E-state index contributed by atoms with van der Waals surface area (Å²) < 4.78 is 17.2. The fourth-order valence-corrected chi connectivity index (χ4v) is 3.39. The third-order valence-electron chi connectivity index (χ3n) is 5.09. The number of hydrogen-bond acceptors (Lipinski definition) is 3. The summed E-state index contributed by atoms with van der Waals surface area (Å²) in [5, 5.41) is 2.88. The Morgan fingerprint density at radius 3 is 2.45 bits per heavy atom. The van der Waals surface area contributed by atoms with E-state index in [0.717, 1.165) is 19.3 Å².